The van der Waals surface area contributed by atoms with Gasteiger partial charge in [-0.1, -0.05) is 37.7 Å². The second kappa shape index (κ2) is 7.85. The molecule has 0 bridgehead atoms. The van der Waals surface area contributed by atoms with Crippen LogP contribution in [0.25, 0.3) is 0 Å². The van der Waals surface area contributed by atoms with Crippen molar-refractivity contribution in [1.29, 1.82) is 0 Å². The number of nitrogens with one attached hydrogen (secondary N) is 1. The van der Waals surface area contributed by atoms with Crippen molar-refractivity contribution < 1.29 is 9.90 Å². The predicted octanol–water partition coefficient (Wildman–Crippen LogP) is 2.59. The summed E-state index contributed by atoms with van der Waals surface area (Å²) >= 11 is 0. The van der Waals surface area contributed by atoms with E-state index in [1.54, 1.807) is 6.07 Å². The second-order valence-corrected chi connectivity index (χ2v) is 5.73. The van der Waals surface area contributed by atoms with Crippen LogP contribution in [0.5, 0.6) is 0 Å². The first-order valence-electron chi connectivity index (χ1n) is 7.68. The van der Waals surface area contributed by atoms with Gasteiger partial charge in [0.2, 0.25) is 0 Å². The number of hydrogen-bond donors (Lipinski definition) is 2. The number of benzene rings is 1. The Balaban J connectivity index is 1.93. The first-order valence-corrected chi connectivity index (χ1v) is 7.68. The van der Waals surface area contributed by atoms with Gasteiger partial charge in [0.05, 0.1) is 6.61 Å². The van der Waals surface area contributed by atoms with Crippen molar-refractivity contribution in [2.45, 2.75) is 32.6 Å². The molecule has 1 aromatic rings. The van der Waals surface area contributed by atoms with Crippen LogP contribution in [0.15, 0.2) is 24.3 Å². The summed E-state index contributed by atoms with van der Waals surface area (Å²) in [5.74, 6) is 7.12. The van der Waals surface area contributed by atoms with E-state index < -0.39 is 0 Å². The van der Waals surface area contributed by atoms with E-state index in [4.69, 9.17) is 5.11 Å². The fourth-order valence-corrected chi connectivity index (χ4v) is 2.81. The Morgan fingerprint density at radius 2 is 2.29 bits per heavy atom. The summed E-state index contributed by atoms with van der Waals surface area (Å²) in [6.45, 7) is 3.09. The highest BCUT2D eigenvalue weighted by atomic mass is 16.2. The van der Waals surface area contributed by atoms with Crippen LogP contribution in [0, 0.1) is 23.7 Å². The van der Waals surface area contributed by atoms with Gasteiger partial charge in [0.15, 0.2) is 0 Å². The van der Waals surface area contributed by atoms with Gasteiger partial charge in [-0.25, -0.2) is 0 Å². The van der Waals surface area contributed by atoms with Crippen LogP contribution in [-0.2, 0) is 0 Å². The van der Waals surface area contributed by atoms with Gasteiger partial charge in [-0.2, -0.15) is 0 Å². The molecule has 1 aliphatic carbocycles. The summed E-state index contributed by atoms with van der Waals surface area (Å²) in [6, 6.07) is 7.33. The van der Waals surface area contributed by atoms with Crippen LogP contribution in [-0.4, -0.2) is 24.2 Å². The second-order valence-electron chi connectivity index (χ2n) is 5.73. The van der Waals surface area contributed by atoms with Crippen LogP contribution < -0.4 is 5.32 Å². The Kier molecular flexibility index (Phi) is 5.83. The molecular weight excluding hydrogens is 262 g/mol. The van der Waals surface area contributed by atoms with E-state index in [1.807, 2.05) is 18.2 Å². The molecule has 0 aromatic heterocycles. The number of aliphatic hydroxyl groups is 1. The van der Waals surface area contributed by atoms with Crippen LogP contribution in [0.2, 0.25) is 0 Å². The van der Waals surface area contributed by atoms with E-state index in [-0.39, 0.29) is 12.5 Å². The van der Waals surface area contributed by atoms with Gasteiger partial charge in [0, 0.05) is 24.1 Å². The fraction of sp³-hybridized carbons (Fsp3) is 0.500. The monoisotopic (exact) mass is 285 g/mol. The normalized spacial score (nSPS) is 20.7. The molecule has 2 unspecified atom stereocenters. The molecule has 0 aliphatic heterocycles. The summed E-state index contributed by atoms with van der Waals surface area (Å²) in [5, 5.41) is 11.8. The zero-order chi connectivity index (χ0) is 15.1. The molecule has 1 amide bonds. The lowest BCUT2D eigenvalue weighted by molar-refractivity contribution is 0.0944. The topological polar surface area (TPSA) is 49.3 Å². The maximum absolute atomic E-state index is 12.2. The van der Waals surface area contributed by atoms with E-state index in [9.17, 15) is 4.79 Å². The minimum absolute atomic E-state index is 0.0279. The highest BCUT2D eigenvalue weighted by molar-refractivity contribution is 5.94. The quantitative estimate of drug-likeness (QED) is 0.835. The first kappa shape index (κ1) is 15.6. The van der Waals surface area contributed by atoms with Gasteiger partial charge in [-0.3, -0.25) is 4.79 Å². The molecule has 21 heavy (non-hydrogen) atoms. The molecule has 1 aromatic carbocycles. The Labute approximate surface area is 126 Å². The van der Waals surface area contributed by atoms with Crippen LogP contribution in [0.1, 0.15) is 48.5 Å². The molecule has 3 nitrogen and oxygen atoms in total. The van der Waals surface area contributed by atoms with Crippen molar-refractivity contribution in [1.82, 2.24) is 5.32 Å². The lowest BCUT2D eigenvalue weighted by Gasteiger charge is -2.15. The molecule has 0 saturated heterocycles. The van der Waals surface area contributed by atoms with Crippen molar-refractivity contribution >= 4 is 5.91 Å². The summed E-state index contributed by atoms with van der Waals surface area (Å²) in [5.41, 5.74) is 1.46. The largest absolute Gasteiger partial charge is 0.395 e. The molecule has 2 rings (SSSR count). The van der Waals surface area contributed by atoms with Gasteiger partial charge >= 0.3 is 0 Å². The Bertz CT molecular complexity index is 542. The Morgan fingerprint density at radius 3 is 3.00 bits per heavy atom. The third-order valence-electron chi connectivity index (χ3n) is 4.16. The third kappa shape index (κ3) is 4.61. The number of rotatable bonds is 4. The molecule has 0 spiro atoms. The van der Waals surface area contributed by atoms with E-state index in [0.717, 1.165) is 12.1 Å². The fourth-order valence-electron chi connectivity index (χ4n) is 2.81. The predicted molar refractivity (Wildman–Crippen MR) is 83.9 cm³/mol. The molecule has 112 valence electrons. The number of aliphatic hydroxyl groups excluding tert-OH is 1. The minimum Gasteiger partial charge on any atom is -0.395 e. The van der Waals surface area contributed by atoms with Crippen molar-refractivity contribution in [2.75, 3.05) is 13.2 Å². The van der Waals surface area contributed by atoms with Gasteiger partial charge in [-0.05, 0) is 36.5 Å². The standard InChI is InChI=1S/C18H23NO2/c1-14-6-4-10-17(14)13-19-18(21)16-9-5-8-15(12-16)7-2-3-11-20/h5,8-9,12,14,17,20H,3-4,6,10-11,13H2,1H3,(H,19,21). The average Bonchev–Trinajstić information content (AvgIpc) is 2.91. The SMILES string of the molecule is CC1CCCC1CNC(=O)c1cccc(C#CCCO)c1. The third-order valence-corrected chi connectivity index (χ3v) is 4.16. The Hall–Kier alpha value is -1.79. The smallest absolute Gasteiger partial charge is 0.251 e. The summed E-state index contributed by atoms with van der Waals surface area (Å²) < 4.78 is 0. The molecule has 0 heterocycles. The maximum atomic E-state index is 12.2. The molecule has 2 atom stereocenters. The van der Waals surface area contributed by atoms with E-state index >= 15 is 0 Å². The van der Waals surface area contributed by atoms with E-state index in [0.29, 0.717) is 23.8 Å². The van der Waals surface area contributed by atoms with Gasteiger partial charge in [0.25, 0.3) is 5.91 Å². The van der Waals surface area contributed by atoms with Gasteiger partial charge < -0.3 is 10.4 Å². The molecule has 1 aliphatic rings. The van der Waals surface area contributed by atoms with Crippen LogP contribution >= 0.6 is 0 Å². The van der Waals surface area contributed by atoms with Crippen LogP contribution in [0.3, 0.4) is 0 Å². The lowest BCUT2D eigenvalue weighted by Crippen LogP contribution is -2.30. The van der Waals surface area contributed by atoms with Crippen molar-refractivity contribution in [3.8, 4) is 11.8 Å². The van der Waals surface area contributed by atoms with Gasteiger partial charge in [-0.15, -0.1) is 0 Å². The average molecular weight is 285 g/mol. The summed E-state index contributed by atoms with van der Waals surface area (Å²) in [6.07, 6.45) is 4.22. The van der Waals surface area contributed by atoms with Crippen molar-refractivity contribution in [3.63, 3.8) is 0 Å². The molecule has 3 heteroatoms. The number of carbonyl (C=O) groups is 1. The molecule has 2 N–H and O–H groups in total. The summed E-state index contributed by atoms with van der Waals surface area (Å²) in [4.78, 5) is 12.2. The molecule has 0 radical (unpaired) electrons. The number of hydrogen-bond acceptors (Lipinski definition) is 2. The molecule has 1 fully saturated rings. The minimum atomic E-state index is -0.0279. The Morgan fingerprint density at radius 1 is 1.43 bits per heavy atom. The molecular formula is C18H23NO2. The highest BCUT2D eigenvalue weighted by Crippen LogP contribution is 2.30. The first-order chi connectivity index (χ1) is 10.2. The summed E-state index contributed by atoms with van der Waals surface area (Å²) in [7, 11) is 0. The van der Waals surface area contributed by atoms with E-state index in [1.165, 1.54) is 19.3 Å². The van der Waals surface area contributed by atoms with Crippen LogP contribution in [0.4, 0.5) is 0 Å². The zero-order valence-corrected chi connectivity index (χ0v) is 12.6. The van der Waals surface area contributed by atoms with Crippen molar-refractivity contribution in [2.24, 2.45) is 11.8 Å². The van der Waals surface area contributed by atoms with E-state index in [2.05, 4.69) is 24.1 Å². The maximum Gasteiger partial charge on any atom is 0.251 e. The molecule has 1 saturated carbocycles. The highest BCUT2D eigenvalue weighted by Gasteiger charge is 2.23. The lowest BCUT2D eigenvalue weighted by atomic mass is 9.98. The van der Waals surface area contributed by atoms with Gasteiger partial charge in [0.1, 0.15) is 0 Å². The number of carbonyl (C=O) groups excluding carboxylic acids is 1. The van der Waals surface area contributed by atoms with Crippen molar-refractivity contribution in [3.05, 3.63) is 35.4 Å². The number of amides is 1. The zero-order valence-electron chi connectivity index (χ0n) is 12.6.